The first-order valence-electron chi connectivity index (χ1n) is 19.2. The summed E-state index contributed by atoms with van der Waals surface area (Å²) in [7, 11) is 0. The van der Waals surface area contributed by atoms with Crippen molar-refractivity contribution in [2.75, 3.05) is 0 Å². The van der Waals surface area contributed by atoms with Crippen LogP contribution in [0.15, 0.2) is 120 Å². The lowest BCUT2D eigenvalue weighted by Gasteiger charge is -2.23. The molecule has 0 aliphatic rings. The number of benzene rings is 5. The van der Waals surface area contributed by atoms with Gasteiger partial charge in [-0.25, -0.2) is 14.8 Å². The van der Waals surface area contributed by atoms with E-state index in [0.717, 1.165) is 72.4 Å². The highest BCUT2D eigenvalue weighted by molar-refractivity contribution is 6.10. The minimum absolute atomic E-state index is 0.156. The number of rotatable bonds is 7. The molecular formula is C49H40N6O. The molecule has 7 nitrogen and oxygen atoms in total. The Morgan fingerprint density at radius 1 is 0.661 bits per heavy atom. The van der Waals surface area contributed by atoms with Crippen LogP contribution in [0, 0.1) is 17.9 Å². The molecule has 0 aliphatic carbocycles. The second-order valence-electron chi connectivity index (χ2n) is 15.5. The maximum Gasteiger partial charge on any atom is 0.187 e. The fraction of sp³-hybridized carbons (Fsp3) is 0.184. The fourth-order valence-corrected chi connectivity index (χ4v) is 8.06. The number of hydrogen-bond donors (Lipinski definition) is 0. The van der Waals surface area contributed by atoms with Gasteiger partial charge in [0, 0.05) is 27.9 Å². The summed E-state index contributed by atoms with van der Waals surface area (Å²) in [5.41, 5.74) is 13.0. The number of para-hydroxylation sites is 1. The van der Waals surface area contributed by atoms with Crippen molar-refractivity contribution in [1.82, 2.24) is 19.1 Å². The van der Waals surface area contributed by atoms with Crippen molar-refractivity contribution in [1.29, 1.82) is 5.26 Å². The van der Waals surface area contributed by atoms with Crippen LogP contribution < -0.4 is 0 Å². The van der Waals surface area contributed by atoms with Gasteiger partial charge in [-0.3, -0.25) is 9.13 Å². The van der Waals surface area contributed by atoms with Gasteiger partial charge < -0.3 is 4.42 Å². The second-order valence-corrected chi connectivity index (χ2v) is 15.5. The van der Waals surface area contributed by atoms with Crippen molar-refractivity contribution in [2.45, 2.75) is 59.3 Å². The zero-order valence-corrected chi connectivity index (χ0v) is 32.3. The molecule has 0 atom stereocenters. The average molecular weight is 729 g/mol. The largest absolute Gasteiger partial charge is 0.454 e. The van der Waals surface area contributed by atoms with Crippen molar-refractivity contribution in [3.8, 4) is 40.1 Å². The molecule has 5 aromatic carbocycles. The summed E-state index contributed by atoms with van der Waals surface area (Å²) >= 11 is 0. The Hall–Kier alpha value is -6.96. The van der Waals surface area contributed by atoms with Gasteiger partial charge in [0.15, 0.2) is 17.0 Å². The van der Waals surface area contributed by atoms with Crippen LogP contribution in [-0.4, -0.2) is 19.1 Å². The molecule has 0 N–H and O–H groups in total. The van der Waals surface area contributed by atoms with Gasteiger partial charge in [0.2, 0.25) is 0 Å². The van der Waals surface area contributed by atoms with Crippen LogP contribution in [0.4, 0.5) is 5.69 Å². The highest BCUT2D eigenvalue weighted by Gasteiger charge is 2.23. The number of furan rings is 1. The molecule has 7 heteroatoms. The summed E-state index contributed by atoms with van der Waals surface area (Å²) in [6.45, 7) is 20.8. The Labute approximate surface area is 325 Å². The number of nitriles is 1. The zero-order chi connectivity index (χ0) is 38.8. The van der Waals surface area contributed by atoms with E-state index in [1.54, 1.807) is 6.07 Å². The number of imidazole rings is 1. The highest BCUT2D eigenvalue weighted by Crippen LogP contribution is 2.41. The Balaban J connectivity index is 1.22. The van der Waals surface area contributed by atoms with Gasteiger partial charge in [-0.2, -0.15) is 5.26 Å². The van der Waals surface area contributed by atoms with Gasteiger partial charge in [-0.15, -0.1) is 0 Å². The van der Waals surface area contributed by atoms with Crippen molar-refractivity contribution < 1.29 is 4.42 Å². The molecule has 0 radical (unpaired) electrons. The molecule has 0 saturated heterocycles. The zero-order valence-electron chi connectivity index (χ0n) is 32.3. The number of nitrogens with zero attached hydrogens (tertiary/aromatic N) is 6. The summed E-state index contributed by atoms with van der Waals surface area (Å²) in [4.78, 5) is 13.7. The molecule has 9 rings (SSSR count). The molecule has 272 valence electrons. The Kier molecular flexibility index (Phi) is 8.33. The quantitative estimate of drug-likeness (QED) is 0.153. The summed E-state index contributed by atoms with van der Waals surface area (Å²) in [6, 6.07) is 40.0. The molecular weight excluding hydrogens is 689 g/mol. The van der Waals surface area contributed by atoms with Gasteiger partial charge >= 0.3 is 0 Å². The molecule has 0 aliphatic heterocycles. The molecule has 0 fully saturated rings. The smallest absolute Gasteiger partial charge is 0.187 e. The molecule has 0 unspecified atom stereocenters. The minimum Gasteiger partial charge on any atom is -0.454 e. The molecule has 0 spiro atoms. The summed E-state index contributed by atoms with van der Waals surface area (Å²) < 4.78 is 10.7. The molecule has 4 aromatic heterocycles. The number of aromatic nitrogens is 4. The van der Waals surface area contributed by atoms with Crippen molar-refractivity contribution in [3.05, 3.63) is 149 Å². The SMILES string of the molecule is [C-]#[N+]c1cccc(-c2nc(C#N)cn2-c2c(C(C)C)cc(-c3ccc4oc5ccc(-n6c7ccccc7c7cc(C(C)C)ccc76)nc5c4c3)cc2C(C)C)c1. The van der Waals surface area contributed by atoms with Gasteiger partial charge in [0.1, 0.15) is 28.8 Å². The van der Waals surface area contributed by atoms with Crippen LogP contribution in [0.3, 0.4) is 0 Å². The van der Waals surface area contributed by atoms with Crippen LogP contribution in [-0.2, 0) is 0 Å². The maximum absolute atomic E-state index is 9.97. The van der Waals surface area contributed by atoms with Crippen molar-refractivity contribution in [3.63, 3.8) is 0 Å². The van der Waals surface area contributed by atoms with E-state index in [4.69, 9.17) is 21.0 Å². The monoisotopic (exact) mass is 728 g/mol. The first-order chi connectivity index (χ1) is 27.1. The van der Waals surface area contributed by atoms with Gasteiger partial charge in [-0.05, 0) is 106 Å². The summed E-state index contributed by atoms with van der Waals surface area (Å²) in [5, 5.41) is 13.4. The second kappa shape index (κ2) is 13.4. The first-order valence-corrected chi connectivity index (χ1v) is 19.2. The Morgan fingerprint density at radius 2 is 1.41 bits per heavy atom. The maximum atomic E-state index is 9.97. The minimum atomic E-state index is 0.156. The van der Waals surface area contributed by atoms with Crippen molar-refractivity contribution in [2.24, 2.45) is 0 Å². The summed E-state index contributed by atoms with van der Waals surface area (Å²) in [6.07, 6.45) is 1.82. The van der Waals surface area contributed by atoms with Crippen molar-refractivity contribution >= 4 is 49.6 Å². The van der Waals surface area contributed by atoms with E-state index in [0.29, 0.717) is 23.1 Å². The first kappa shape index (κ1) is 34.8. The number of pyridine rings is 1. The van der Waals surface area contributed by atoms with E-state index in [2.05, 4.69) is 136 Å². The highest BCUT2D eigenvalue weighted by atomic mass is 16.3. The van der Waals surface area contributed by atoms with E-state index >= 15 is 0 Å². The molecule has 0 amide bonds. The predicted octanol–water partition coefficient (Wildman–Crippen LogP) is 13.4. The molecule has 0 bridgehead atoms. The lowest BCUT2D eigenvalue weighted by molar-refractivity contribution is 0.668. The number of hydrogen-bond acceptors (Lipinski definition) is 4. The Morgan fingerprint density at radius 3 is 2.14 bits per heavy atom. The van der Waals surface area contributed by atoms with Crippen LogP contribution >= 0.6 is 0 Å². The third kappa shape index (κ3) is 5.63. The molecule has 4 heterocycles. The molecule has 56 heavy (non-hydrogen) atoms. The lowest BCUT2D eigenvalue weighted by Crippen LogP contribution is -2.08. The topological polar surface area (TPSA) is 76.9 Å². The third-order valence-corrected chi connectivity index (χ3v) is 10.9. The normalized spacial score (nSPS) is 11.8. The van der Waals surface area contributed by atoms with E-state index in [1.807, 2.05) is 35.0 Å². The van der Waals surface area contributed by atoms with Crippen LogP contribution in [0.25, 0.3) is 82.7 Å². The van der Waals surface area contributed by atoms with E-state index in [-0.39, 0.29) is 11.8 Å². The fourth-order valence-electron chi connectivity index (χ4n) is 8.06. The van der Waals surface area contributed by atoms with Crippen LogP contribution in [0.1, 0.15) is 81.7 Å². The lowest BCUT2D eigenvalue weighted by atomic mass is 9.88. The van der Waals surface area contributed by atoms with Crippen LogP contribution in [0.2, 0.25) is 0 Å². The number of fused-ring (bicyclic) bond motifs is 6. The average Bonchev–Trinajstić information content (AvgIpc) is 3.91. The molecule has 0 saturated carbocycles. The molecule has 9 aromatic rings. The van der Waals surface area contributed by atoms with E-state index in [1.165, 1.54) is 16.3 Å². The van der Waals surface area contributed by atoms with Gasteiger partial charge in [0.25, 0.3) is 0 Å². The van der Waals surface area contributed by atoms with E-state index in [9.17, 15) is 5.26 Å². The predicted molar refractivity (Wildman–Crippen MR) is 227 cm³/mol. The van der Waals surface area contributed by atoms with Gasteiger partial charge in [-0.1, -0.05) is 90.1 Å². The van der Waals surface area contributed by atoms with E-state index < -0.39 is 0 Å². The van der Waals surface area contributed by atoms with Gasteiger partial charge in [0.05, 0.1) is 23.3 Å². The summed E-state index contributed by atoms with van der Waals surface area (Å²) in [5.74, 6) is 2.23. The standard InChI is InChI=1S/C49H40N6O/c1-28(2)31-15-17-43-40(22-31)37-13-8-9-14-42(37)55(43)46-20-19-45-47(53-46)41-23-32(16-18-44(41)56-45)34-24-38(29(3)4)48(39(25-34)30(5)6)54-27-36(26-50)52-49(54)33-11-10-12-35(21-33)51-7/h8-25,27-30H,1-6H3. The van der Waals surface area contributed by atoms with Crippen LogP contribution in [0.5, 0.6) is 0 Å². The third-order valence-electron chi connectivity index (χ3n) is 10.9. The Bertz CT molecular complexity index is 3070.